The van der Waals surface area contributed by atoms with Crippen molar-refractivity contribution in [1.82, 2.24) is 0 Å². The Bertz CT molecular complexity index is 368. The van der Waals surface area contributed by atoms with Crippen molar-refractivity contribution in [3.8, 4) is 0 Å². The van der Waals surface area contributed by atoms with Gasteiger partial charge in [-0.1, -0.05) is 26.3 Å². The van der Waals surface area contributed by atoms with E-state index in [4.69, 9.17) is 9.16 Å². The van der Waals surface area contributed by atoms with Crippen LogP contribution in [0.5, 0.6) is 0 Å². The second-order valence-electron chi connectivity index (χ2n) is 7.38. The fourth-order valence-electron chi connectivity index (χ4n) is 2.60. The Morgan fingerprint density at radius 1 is 1.37 bits per heavy atom. The Balaban J connectivity index is 2.01. The van der Waals surface area contributed by atoms with E-state index in [1.165, 1.54) is 11.1 Å². The predicted octanol–water partition coefficient (Wildman–Crippen LogP) is 3.11. The van der Waals surface area contributed by atoms with E-state index in [-0.39, 0.29) is 17.1 Å². The number of aliphatic hydroxyl groups is 1. The lowest BCUT2D eigenvalue weighted by molar-refractivity contribution is 0.0899. The molecule has 0 aromatic carbocycles. The molecule has 1 heterocycles. The van der Waals surface area contributed by atoms with Crippen molar-refractivity contribution in [2.24, 2.45) is 5.92 Å². The summed E-state index contributed by atoms with van der Waals surface area (Å²) in [5.41, 5.74) is 2.74. The summed E-state index contributed by atoms with van der Waals surface area (Å²) in [6, 6.07) is 0. The Morgan fingerprint density at radius 3 is 2.68 bits per heavy atom. The van der Waals surface area contributed by atoms with Gasteiger partial charge in [0, 0.05) is 12.5 Å². The zero-order chi connectivity index (χ0) is 14.3. The van der Waals surface area contributed by atoms with Gasteiger partial charge in [0.05, 0.1) is 19.3 Å². The average molecular weight is 284 g/mol. The summed E-state index contributed by atoms with van der Waals surface area (Å²) < 4.78 is 11.8. The van der Waals surface area contributed by atoms with Crippen LogP contribution in [0.15, 0.2) is 11.1 Å². The predicted molar refractivity (Wildman–Crippen MR) is 79.7 cm³/mol. The minimum absolute atomic E-state index is 0.157. The van der Waals surface area contributed by atoms with Crippen molar-refractivity contribution in [3.05, 3.63) is 11.1 Å². The summed E-state index contributed by atoms with van der Waals surface area (Å²) in [5, 5.41) is 10.5. The zero-order valence-corrected chi connectivity index (χ0v) is 14.0. The summed E-state index contributed by atoms with van der Waals surface area (Å²) in [6.07, 6.45) is 1.55. The highest BCUT2D eigenvalue weighted by Gasteiger charge is 2.40. The zero-order valence-electron chi connectivity index (χ0n) is 13.0. The van der Waals surface area contributed by atoms with Crippen molar-refractivity contribution in [2.45, 2.75) is 57.8 Å². The van der Waals surface area contributed by atoms with Crippen LogP contribution in [0.4, 0.5) is 0 Å². The Hall–Kier alpha value is -0.163. The number of aliphatic hydroxyl groups excluding tert-OH is 1. The van der Waals surface area contributed by atoms with E-state index in [9.17, 15) is 5.11 Å². The number of ether oxygens (including phenoxy) is 1. The van der Waals surface area contributed by atoms with Crippen molar-refractivity contribution < 1.29 is 14.3 Å². The Morgan fingerprint density at radius 2 is 2.05 bits per heavy atom. The normalized spacial score (nSPS) is 28.7. The Kier molecular flexibility index (Phi) is 4.26. The largest absolute Gasteiger partial charge is 0.416 e. The first-order chi connectivity index (χ1) is 8.72. The van der Waals surface area contributed by atoms with E-state index < -0.39 is 8.32 Å². The van der Waals surface area contributed by atoms with Gasteiger partial charge in [-0.05, 0) is 36.5 Å². The molecule has 1 N–H and O–H groups in total. The van der Waals surface area contributed by atoms with Crippen LogP contribution in [0.3, 0.4) is 0 Å². The molecule has 0 saturated carbocycles. The van der Waals surface area contributed by atoms with Crippen LogP contribution < -0.4 is 0 Å². The van der Waals surface area contributed by atoms with Gasteiger partial charge in [0.1, 0.15) is 0 Å². The average Bonchev–Trinajstić information content (AvgIpc) is 2.60. The van der Waals surface area contributed by atoms with Crippen LogP contribution >= 0.6 is 0 Å². The molecule has 0 saturated heterocycles. The van der Waals surface area contributed by atoms with Gasteiger partial charge in [-0.3, -0.25) is 0 Å². The smallest absolute Gasteiger partial charge is 0.192 e. The van der Waals surface area contributed by atoms with Crippen LogP contribution in [0.1, 0.15) is 33.6 Å². The first kappa shape index (κ1) is 15.2. The fraction of sp³-hybridized carbons (Fsp3) is 0.867. The molecule has 4 heteroatoms. The van der Waals surface area contributed by atoms with Gasteiger partial charge < -0.3 is 14.3 Å². The summed E-state index contributed by atoms with van der Waals surface area (Å²) in [5.74, 6) is 0.157. The lowest BCUT2D eigenvalue weighted by Crippen LogP contribution is -2.43. The van der Waals surface area contributed by atoms with Crippen LogP contribution in [-0.2, 0) is 9.16 Å². The lowest BCUT2D eigenvalue weighted by atomic mass is 9.99. The van der Waals surface area contributed by atoms with Crippen LogP contribution in [0, 0.1) is 5.92 Å². The minimum Gasteiger partial charge on any atom is -0.416 e. The first-order valence-electron chi connectivity index (χ1n) is 7.33. The van der Waals surface area contributed by atoms with Crippen molar-refractivity contribution in [3.63, 3.8) is 0 Å². The van der Waals surface area contributed by atoms with Crippen LogP contribution in [-0.4, -0.2) is 39.3 Å². The van der Waals surface area contributed by atoms with Gasteiger partial charge in [-0.25, -0.2) is 0 Å². The van der Waals surface area contributed by atoms with Gasteiger partial charge in [0.15, 0.2) is 8.32 Å². The monoisotopic (exact) mass is 284 g/mol. The summed E-state index contributed by atoms with van der Waals surface area (Å²) in [6.45, 7) is 13.4. The molecule has 2 rings (SSSR count). The van der Waals surface area contributed by atoms with Gasteiger partial charge in [-0.2, -0.15) is 0 Å². The fourth-order valence-corrected chi connectivity index (χ4v) is 3.62. The molecular formula is C15H28O3Si. The molecule has 3 nitrogen and oxygen atoms in total. The molecule has 1 aliphatic heterocycles. The van der Waals surface area contributed by atoms with Gasteiger partial charge in [0.25, 0.3) is 0 Å². The molecule has 0 aromatic heterocycles. The van der Waals surface area contributed by atoms with E-state index in [1.54, 1.807) is 0 Å². The highest BCUT2D eigenvalue weighted by atomic mass is 28.4. The number of hydrogen-bond donors (Lipinski definition) is 1. The van der Waals surface area contributed by atoms with E-state index in [0.717, 1.165) is 19.4 Å². The molecule has 2 aliphatic rings. The Labute approximate surface area is 118 Å². The number of rotatable bonds is 3. The van der Waals surface area contributed by atoms with Crippen molar-refractivity contribution >= 4 is 8.32 Å². The first-order valence-corrected chi connectivity index (χ1v) is 10.2. The van der Waals surface area contributed by atoms with E-state index >= 15 is 0 Å². The van der Waals surface area contributed by atoms with Crippen LogP contribution in [0.2, 0.25) is 18.1 Å². The molecule has 0 bridgehead atoms. The van der Waals surface area contributed by atoms with Crippen molar-refractivity contribution in [2.75, 3.05) is 19.8 Å². The maximum Gasteiger partial charge on any atom is 0.192 e. The molecule has 0 radical (unpaired) electrons. The second kappa shape index (κ2) is 5.32. The number of hydrogen-bond acceptors (Lipinski definition) is 3. The SMILES string of the molecule is CC(C)(C)[Si](C)(C)OC[C@H]1C2=C(CCOC2)C[C@H]1O. The lowest BCUT2D eigenvalue weighted by Gasteiger charge is -2.37. The molecule has 0 spiro atoms. The van der Waals surface area contributed by atoms with E-state index in [0.29, 0.717) is 13.2 Å². The third-order valence-electron chi connectivity index (χ3n) is 5.06. The molecule has 1 aliphatic carbocycles. The molecule has 0 aromatic rings. The maximum atomic E-state index is 10.3. The molecule has 0 amide bonds. The summed E-state index contributed by atoms with van der Waals surface area (Å²) in [7, 11) is -1.73. The quantitative estimate of drug-likeness (QED) is 0.639. The van der Waals surface area contributed by atoms with Gasteiger partial charge in [-0.15, -0.1) is 0 Å². The molecule has 19 heavy (non-hydrogen) atoms. The molecule has 110 valence electrons. The van der Waals surface area contributed by atoms with Crippen LogP contribution in [0.25, 0.3) is 0 Å². The second-order valence-corrected chi connectivity index (χ2v) is 12.2. The van der Waals surface area contributed by atoms with Crippen molar-refractivity contribution in [1.29, 1.82) is 0 Å². The molecule has 0 unspecified atom stereocenters. The maximum absolute atomic E-state index is 10.3. The molecule has 2 atom stereocenters. The van der Waals surface area contributed by atoms with E-state index in [2.05, 4.69) is 33.9 Å². The third-order valence-corrected chi connectivity index (χ3v) is 9.56. The summed E-state index contributed by atoms with van der Waals surface area (Å²) in [4.78, 5) is 0. The minimum atomic E-state index is -1.73. The third kappa shape index (κ3) is 3.12. The molecular weight excluding hydrogens is 256 g/mol. The standard InChI is InChI=1S/C15H28O3Si/c1-15(2,3)19(4,5)18-10-13-12-9-17-7-6-11(12)8-14(13)16/h13-14,16H,6-10H2,1-5H3/t13-,14+/m0/s1. The summed E-state index contributed by atoms with van der Waals surface area (Å²) >= 11 is 0. The van der Waals surface area contributed by atoms with Gasteiger partial charge in [0.2, 0.25) is 0 Å². The topological polar surface area (TPSA) is 38.7 Å². The highest BCUT2D eigenvalue weighted by molar-refractivity contribution is 6.74. The van der Waals surface area contributed by atoms with E-state index in [1.807, 2.05) is 0 Å². The highest BCUT2D eigenvalue weighted by Crippen LogP contribution is 2.40. The molecule has 0 fully saturated rings. The van der Waals surface area contributed by atoms with Gasteiger partial charge >= 0.3 is 0 Å².